The fraction of sp³-hybridized carbons (Fsp3) is 0.278. The summed E-state index contributed by atoms with van der Waals surface area (Å²) in [6.07, 6.45) is 0. The van der Waals surface area contributed by atoms with Crippen LogP contribution in [0.15, 0.2) is 48.5 Å². The van der Waals surface area contributed by atoms with Crippen molar-refractivity contribution in [3.8, 4) is 11.1 Å². The molecular formula is C18H20N2O2. The van der Waals surface area contributed by atoms with E-state index < -0.39 is 5.92 Å². The molecule has 0 fully saturated rings. The molecule has 4 nitrogen and oxygen atoms in total. The van der Waals surface area contributed by atoms with Gasteiger partial charge in [-0.1, -0.05) is 48.5 Å². The van der Waals surface area contributed by atoms with Crippen LogP contribution in [0.25, 0.3) is 11.1 Å². The Morgan fingerprint density at radius 2 is 1.45 bits per heavy atom. The summed E-state index contributed by atoms with van der Waals surface area (Å²) in [7, 11) is 0. The van der Waals surface area contributed by atoms with E-state index in [1.54, 1.807) is 0 Å². The van der Waals surface area contributed by atoms with Crippen molar-refractivity contribution in [2.24, 2.45) is 17.4 Å². The van der Waals surface area contributed by atoms with Gasteiger partial charge in [-0.15, -0.1) is 0 Å². The second-order valence-electron chi connectivity index (χ2n) is 5.53. The fourth-order valence-electron chi connectivity index (χ4n) is 3.01. The van der Waals surface area contributed by atoms with Crippen LogP contribution in [0.1, 0.15) is 17.0 Å². The summed E-state index contributed by atoms with van der Waals surface area (Å²) in [5, 5.41) is 0. The van der Waals surface area contributed by atoms with E-state index in [2.05, 4.69) is 24.3 Å². The van der Waals surface area contributed by atoms with Crippen molar-refractivity contribution in [3.63, 3.8) is 0 Å². The molecule has 0 aromatic heterocycles. The van der Waals surface area contributed by atoms with E-state index >= 15 is 0 Å². The van der Waals surface area contributed by atoms with Crippen LogP contribution < -0.4 is 11.5 Å². The van der Waals surface area contributed by atoms with Crippen molar-refractivity contribution < 1.29 is 9.53 Å². The Morgan fingerprint density at radius 3 is 1.95 bits per heavy atom. The Balaban J connectivity index is 1.84. The number of esters is 1. The summed E-state index contributed by atoms with van der Waals surface area (Å²) < 4.78 is 5.48. The van der Waals surface area contributed by atoms with Crippen molar-refractivity contribution in [3.05, 3.63) is 59.7 Å². The van der Waals surface area contributed by atoms with Crippen molar-refractivity contribution in [2.45, 2.75) is 5.92 Å². The van der Waals surface area contributed by atoms with Gasteiger partial charge in [-0.25, -0.2) is 0 Å². The Morgan fingerprint density at radius 1 is 0.955 bits per heavy atom. The number of hydrogen-bond donors (Lipinski definition) is 2. The summed E-state index contributed by atoms with van der Waals surface area (Å²) in [5.74, 6) is -0.661. The zero-order valence-electron chi connectivity index (χ0n) is 12.4. The molecule has 4 heteroatoms. The summed E-state index contributed by atoms with van der Waals surface area (Å²) >= 11 is 0. The number of carbonyl (C=O) groups is 1. The number of ether oxygens (including phenoxy) is 1. The third-order valence-corrected chi connectivity index (χ3v) is 4.26. The van der Waals surface area contributed by atoms with Gasteiger partial charge in [0.1, 0.15) is 6.61 Å². The van der Waals surface area contributed by atoms with Gasteiger partial charge in [-0.05, 0) is 22.3 Å². The molecule has 1 aliphatic rings. The maximum Gasteiger partial charge on any atom is 0.311 e. The van der Waals surface area contributed by atoms with Crippen LogP contribution in [0.5, 0.6) is 0 Å². The van der Waals surface area contributed by atoms with Gasteiger partial charge in [-0.3, -0.25) is 4.79 Å². The molecule has 1 aliphatic carbocycles. The van der Waals surface area contributed by atoms with Crippen molar-refractivity contribution in [1.82, 2.24) is 0 Å². The molecule has 4 N–H and O–H groups in total. The van der Waals surface area contributed by atoms with Crippen LogP contribution >= 0.6 is 0 Å². The Bertz CT molecular complexity index is 635. The zero-order chi connectivity index (χ0) is 15.5. The van der Waals surface area contributed by atoms with Crippen LogP contribution in [0.2, 0.25) is 0 Å². The lowest BCUT2D eigenvalue weighted by Gasteiger charge is -2.17. The van der Waals surface area contributed by atoms with Gasteiger partial charge >= 0.3 is 5.97 Å². The highest BCUT2D eigenvalue weighted by atomic mass is 16.5. The first-order chi connectivity index (χ1) is 10.8. The average molecular weight is 296 g/mol. The molecule has 0 heterocycles. The standard InChI is InChI=1S/C18H20N2O2/c19-9-12(10-20)18(21)22-11-17-15-7-3-1-5-13(15)14-6-2-4-8-16(14)17/h1-8,12,17H,9-11,19-20H2. The van der Waals surface area contributed by atoms with E-state index in [0.29, 0.717) is 6.61 Å². The van der Waals surface area contributed by atoms with Gasteiger partial charge in [0.2, 0.25) is 0 Å². The largest absolute Gasteiger partial charge is 0.464 e. The first-order valence-electron chi connectivity index (χ1n) is 7.51. The molecule has 2 aromatic carbocycles. The molecule has 0 saturated heterocycles. The van der Waals surface area contributed by atoms with E-state index in [-0.39, 0.29) is 25.0 Å². The lowest BCUT2D eigenvalue weighted by Crippen LogP contribution is -2.32. The summed E-state index contributed by atoms with van der Waals surface area (Å²) in [4.78, 5) is 12.0. The molecule has 0 bridgehead atoms. The molecule has 0 radical (unpaired) electrons. The SMILES string of the molecule is NCC(CN)C(=O)OCC1c2ccccc2-c2ccccc21. The quantitative estimate of drug-likeness (QED) is 0.826. The second kappa shape index (κ2) is 6.30. The summed E-state index contributed by atoms with van der Waals surface area (Å²) in [6.45, 7) is 0.754. The molecule has 3 rings (SSSR count). The van der Waals surface area contributed by atoms with Crippen molar-refractivity contribution in [1.29, 1.82) is 0 Å². The number of nitrogens with two attached hydrogens (primary N) is 2. The highest BCUT2D eigenvalue weighted by Gasteiger charge is 2.29. The minimum Gasteiger partial charge on any atom is -0.464 e. The molecule has 22 heavy (non-hydrogen) atoms. The molecule has 0 spiro atoms. The average Bonchev–Trinajstić information content (AvgIpc) is 2.88. The van der Waals surface area contributed by atoms with Gasteiger partial charge in [0.05, 0.1) is 5.92 Å². The topological polar surface area (TPSA) is 78.3 Å². The molecule has 0 atom stereocenters. The predicted molar refractivity (Wildman–Crippen MR) is 86.3 cm³/mol. The fourth-order valence-corrected chi connectivity index (χ4v) is 3.01. The van der Waals surface area contributed by atoms with Gasteiger partial charge in [0, 0.05) is 19.0 Å². The van der Waals surface area contributed by atoms with Crippen molar-refractivity contribution in [2.75, 3.05) is 19.7 Å². The molecule has 114 valence electrons. The van der Waals surface area contributed by atoms with Gasteiger partial charge in [0.25, 0.3) is 0 Å². The lowest BCUT2D eigenvalue weighted by molar-refractivity contribution is -0.148. The van der Waals surface area contributed by atoms with Crippen LogP contribution in [0, 0.1) is 5.92 Å². The smallest absolute Gasteiger partial charge is 0.311 e. The second-order valence-corrected chi connectivity index (χ2v) is 5.53. The van der Waals surface area contributed by atoms with Crippen LogP contribution in [0.4, 0.5) is 0 Å². The van der Waals surface area contributed by atoms with Gasteiger partial charge in [-0.2, -0.15) is 0 Å². The normalized spacial score (nSPS) is 13.0. The number of fused-ring (bicyclic) bond motifs is 3. The van der Waals surface area contributed by atoms with E-state index in [4.69, 9.17) is 16.2 Å². The monoisotopic (exact) mass is 296 g/mol. The third-order valence-electron chi connectivity index (χ3n) is 4.26. The third kappa shape index (κ3) is 2.51. The number of carbonyl (C=O) groups excluding carboxylic acids is 1. The molecule has 2 aromatic rings. The van der Waals surface area contributed by atoms with E-state index in [1.165, 1.54) is 22.3 Å². The lowest BCUT2D eigenvalue weighted by atomic mass is 9.98. The van der Waals surface area contributed by atoms with Crippen LogP contribution in [-0.2, 0) is 9.53 Å². The molecule has 0 saturated carbocycles. The first kappa shape index (κ1) is 14.8. The highest BCUT2D eigenvalue weighted by Crippen LogP contribution is 2.44. The van der Waals surface area contributed by atoms with E-state index in [9.17, 15) is 4.79 Å². The Labute approximate surface area is 130 Å². The maximum atomic E-state index is 12.0. The van der Waals surface area contributed by atoms with Crippen LogP contribution in [0.3, 0.4) is 0 Å². The summed E-state index contributed by atoms with van der Waals surface area (Å²) in [5.41, 5.74) is 15.9. The molecule has 0 unspecified atom stereocenters. The van der Waals surface area contributed by atoms with Crippen molar-refractivity contribution >= 4 is 5.97 Å². The molecule has 0 aliphatic heterocycles. The number of hydrogen-bond acceptors (Lipinski definition) is 4. The summed E-state index contributed by atoms with van der Waals surface area (Å²) in [6, 6.07) is 16.5. The molecular weight excluding hydrogens is 276 g/mol. The number of benzene rings is 2. The van der Waals surface area contributed by atoms with E-state index in [0.717, 1.165) is 0 Å². The highest BCUT2D eigenvalue weighted by molar-refractivity contribution is 5.79. The predicted octanol–water partition coefficient (Wildman–Crippen LogP) is 1.88. The van der Waals surface area contributed by atoms with E-state index in [1.807, 2.05) is 24.3 Å². The first-order valence-corrected chi connectivity index (χ1v) is 7.51. The zero-order valence-corrected chi connectivity index (χ0v) is 12.4. The maximum absolute atomic E-state index is 12.0. The van der Waals surface area contributed by atoms with Gasteiger partial charge in [0.15, 0.2) is 0 Å². The minimum absolute atomic E-state index is 0.0764. The number of rotatable bonds is 5. The molecule has 0 amide bonds. The minimum atomic E-state index is -0.424. The van der Waals surface area contributed by atoms with Crippen LogP contribution in [-0.4, -0.2) is 25.7 Å². The Hall–Kier alpha value is -2.17. The van der Waals surface area contributed by atoms with Gasteiger partial charge < -0.3 is 16.2 Å². The Kier molecular flexibility index (Phi) is 4.22.